The van der Waals surface area contributed by atoms with Gasteiger partial charge in [0.25, 0.3) is 0 Å². The summed E-state index contributed by atoms with van der Waals surface area (Å²) in [5.41, 5.74) is 3.02. The third-order valence-electron chi connectivity index (χ3n) is 4.33. The van der Waals surface area contributed by atoms with Crippen LogP contribution in [0.25, 0.3) is 11.0 Å². The first kappa shape index (κ1) is 15.4. The van der Waals surface area contributed by atoms with Crippen LogP contribution < -0.4 is 4.72 Å². The van der Waals surface area contributed by atoms with Crippen LogP contribution in [0.5, 0.6) is 0 Å². The second-order valence-electron chi connectivity index (χ2n) is 6.26. The first-order chi connectivity index (χ1) is 11.5. The number of aromatic nitrogens is 2. The molecule has 0 atom stereocenters. The number of fused-ring (bicyclic) bond motifs is 1. The van der Waals surface area contributed by atoms with Crippen molar-refractivity contribution in [3.63, 3.8) is 0 Å². The Kier molecular flexibility index (Phi) is 3.66. The number of aryl methyl sites for hydroxylation is 1. The number of hydrogen-bond acceptors (Lipinski definition) is 3. The molecular weight excluding hydrogens is 322 g/mol. The molecule has 6 heteroatoms. The maximum atomic E-state index is 12.5. The molecule has 0 radical (unpaired) electrons. The van der Waals surface area contributed by atoms with Gasteiger partial charge in [-0.3, -0.25) is 0 Å². The largest absolute Gasteiger partial charge is 0.324 e. The van der Waals surface area contributed by atoms with E-state index in [4.69, 9.17) is 0 Å². The van der Waals surface area contributed by atoms with Crippen LogP contribution in [0.15, 0.2) is 53.4 Å². The van der Waals surface area contributed by atoms with E-state index in [9.17, 15) is 8.42 Å². The molecule has 24 heavy (non-hydrogen) atoms. The van der Waals surface area contributed by atoms with Crippen LogP contribution in [0.3, 0.4) is 0 Å². The van der Waals surface area contributed by atoms with Crippen molar-refractivity contribution in [1.82, 2.24) is 14.3 Å². The summed E-state index contributed by atoms with van der Waals surface area (Å²) in [6.07, 6.45) is 2.25. The summed E-state index contributed by atoms with van der Waals surface area (Å²) in [4.78, 5) is 4.90. The minimum atomic E-state index is -3.54. The Balaban J connectivity index is 1.63. The van der Waals surface area contributed by atoms with Gasteiger partial charge in [0.15, 0.2) is 0 Å². The van der Waals surface area contributed by atoms with Crippen molar-refractivity contribution in [3.05, 3.63) is 59.9 Å². The lowest BCUT2D eigenvalue weighted by Crippen LogP contribution is -2.25. The fourth-order valence-corrected chi connectivity index (χ4v) is 3.90. The van der Waals surface area contributed by atoms with Gasteiger partial charge >= 0.3 is 0 Å². The van der Waals surface area contributed by atoms with Crippen LogP contribution in [0.4, 0.5) is 0 Å². The summed E-state index contributed by atoms with van der Waals surface area (Å²) in [6.45, 7) is 2.13. The van der Waals surface area contributed by atoms with Crippen LogP contribution >= 0.6 is 0 Å². The Bertz CT molecular complexity index is 987. The maximum Gasteiger partial charge on any atom is 0.240 e. The van der Waals surface area contributed by atoms with Gasteiger partial charge < -0.3 is 4.57 Å². The van der Waals surface area contributed by atoms with Crippen LogP contribution in [-0.4, -0.2) is 18.0 Å². The summed E-state index contributed by atoms with van der Waals surface area (Å²) in [7, 11) is -3.54. The Morgan fingerprint density at radius 2 is 1.83 bits per heavy atom. The van der Waals surface area contributed by atoms with Crippen molar-refractivity contribution in [2.24, 2.45) is 0 Å². The Morgan fingerprint density at radius 1 is 1.12 bits per heavy atom. The van der Waals surface area contributed by atoms with E-state index in [2.05, 4.69) is 14.3 Å². The lowest BCUT2D eigenvalue weighted by molar-refractivity contribution is 0.575. The predicted molar refractivity (Wildman–Crippen MR) is 93.2 cm³/mol. The summed E-state index contributed by atoms with van der Waals surface area (Å²) in [5, 5.41) is 0. The summed E-state index contributed by atoms with van der Waals surface area (Å²) >= 11 is 0. The molecule has 5 nitrogen and oxygen atoms in total. The zero-order valence-electron chi connectivity index (χ0n) is 13.4. The van der Waals surface area contributed by atoms with Crippen molar-refractivity contribution in [3.8, 4) is 0 Å². The normalized spacial score (nSPS) is 15.0. The Labute approximate surface area is 141 Å². The Morgan fingerprint density at radius 3 is 2.54 bits per heavy atom. The maximum absolute atomic E-state index is 12.5. The van der Waals surface area contributed by atoms with Crippen LogP contribution in [-0.2, 0) is 16.6 Å². The molecule has 0 aliphatic heterocycles. The highest BCUT2D eigenvalue weighted by molar-refractivity contribution is 7.89. The van der Waals surface area contributed by atoms with Gasteiger partial charge in [0, 0.05) is 6.04 Å². The van der Waals surface area contributed by atoms with Gasteiger partial charge in [0.05, 0.1) is 22.5 Å². The van der Waals surface area contributed by atoms with E-state index < -0.39 is 10.0 Å². The van der Waals surface area contributed by atoms with Crippen molar-refractivity contribution < 1.29 is 8.42 Å². The number of sulfonamides is 1. The average molecular weight is 341 g/mol. The van der Waals surface area contributed by atoms with Crippen molar-refractivity contribution in [1.29, 1.82) is 0 Å². The lowest BCUT2D eigenvalue weighted by atomic mass is 10.2. The number of nitrogens with zero attached hydrogens (tertiary/aromatic N) is 2. The zero-order valence-corrected chi connectivity index (χ0v) is 14.3. The molecule has 1 fully saturated rings. The number of benzene rings is 2. The molecule has 1 heterocycles. The quantitative estimate of drug-likeness (QED) is 0.775. The molecule has 1 saturated carbocycles. The molecule has 0 bridgehead atoms. The molecule has 2 aromatic carbocycles. The molecule has 0 spiro atoms. The third-order valence-corrected chi connectivity index (χ3v) is 5.75. The van der Waals surface area contributed by atoms with E-state index in [0.29, 0.717) is 6.04 Å². The predicted octanol–water partition coefficient (Wildman–Crippen LogP) is 3.16. The Hall–Kier alpha value is -2.18. The van der Waals surface area contributed by atoms with Crippen molar-refractivity contribution in [2.75, 3.05) is 0 Å². The molecular formula is C18H19N3O2S. The highest BCUT2D eigenvalue weighted by Crippen LogP contribution is 2.38. The van der Waals surface area contributed by atoms with Gasteiger partial charge in [-0.15, -0.1) is 0 Å². The van der Waals surface area contributed by atoms with Crippen LogP contribution in [0, 0.1) is 6.92 Å². The summed E-state index contributed by atoms with van der Waals surface area (Å²) < 4.78 is 29.8. The number of hydrogen-bond donors (Lipinski definition) is 1. The van der Waals surface area contributed by atoms with E-state index in [1.807, 2.05) is 31.2 Å². The highest BCUT2D eigenvalue weighted by atomic mass is 32.2. The van der Waals surface area contributed by atoms with Gasteiger partial charge in [-0.05, 0) is 44.0 Å². The standard InChI is InChI=1S/C18H19N3O2S/c1-13-6-10-15(11-7-13)24(22,23)19-12-18-20-16-4-2-3-5-17(16)21(18)14-8-9-14/h2-7,10-11,14,19H,8-9,12H2,1H3. The fraction of sp³-hybridized carbons (Fsp3) is 0.278. The number of imidazole rings is 1. The minimum Gasteiger partial charge on any atom is -0.324 e. The molecule has 1 aliphatic carbocycles. The van der Waals surface area contributed by atoms with E-state index >= 15 is 0 Å². The van der Waals surface area contributed by atoms with Crippen molar-refractivity contribution >= 4 is 21.1 Å². The number of nitrogens with one attached hydrogen (secondary N) is 1. The van der Waals surface area contributed by atoms with E-state index in [0.717, 1.165) is 35.3 Å². The second kappa shape index (κ2) is 5.72. The third kappa shape index (κ3) is 2.83. The van der Waals surface area contributed by atoms with Gasteiger partial charge in [-0.25, -0.2) is 18.1 Å². The van der Waals surface area contributed by atoms with Crippen molar-refractivity contribution in [2.45, 2.75) is 37.2 Å². The highest BCUT2D eigenvalue weighted by Gasteiger charge is 2.28. The molecule has 3 aromatic rings. The number of rotatable bonds is 5. The molecule has 124 valence electrons. The van der Waals surface area contributed by atoms with Gasteiger partial charge in [-0.2, -0.15) is 0 Å². The first-order valence-electron chi connectivity index (χ1n) is 8.07. The van der Waals surface area contributed by atoms with E-state index in [-0.39, 0.29) is 11.4 Å². The van der Waals surface area contributed by atoms with Crippen LogP contribution in [0.2, 0.25) is 0 Å². The molecule has 1 N–H and O–H groups in total. The minimum absolute atomic E-state index is 0.196. The second-order valence-corrected chi connectivity index (χ2v) is 8.02. The molecule has 4 rings (SSSR count). The lowest BCUT2D eigenvalue weighted by Gasteiger charge is -2.10. The SMILES string of the molecule is Cc1ccc(S(=O)(=O)NCc2nc3ccccc3n2C2CC2)cc1. The van der Waals surface area contributed by atoms with Gasteiger partial charge in [-0.1, -0.05) is 29.8 Å². The molecule has 1 aromatic heterocycles. The van der Waals surface area contributed by atoms with E-state index in [1.165, 1.54) is 0 Å². The molecule has 0 unspecified atom stereocenters. The smallest absolute Gasteiger partial charge is 0.240 e. The summed E-state index contributed by atoms with van der Waals surface area (Å²) in [6, 6.07) is 15.2. The molecule has 0 saturated heterocycles. The number of para-hydroxylation sites is 2. The topological polar surface area (TPSA) is 64.0 Å². The summed E-state index contributed by atoms with van der Waals surface area (Å²) in [5.74, 6) is 0.773. The molecule has 0 amide bonds. The van der Waals surface area contributed by atoms with Gasteiger partial charge in [0.2, 0.25) is 10.0 Å². The van der Waals surface area contributed by atoms with Gasteiger partial charge in [0.1, 0.15) is 5.82 Å². The monoisotopic (exact) mass is 341 g/mol. The first-order valence-corrected chi connectivity index (χ1v) is 9.55. The fourth-order valence-electron chi connectivity index (χ4n) is 2.92. The average Bonchev–Trinajstić information content (AvgIpc) is 3.34. The zero-order chi connectivity index (χ0) is 16.7. The van der Waals surface area contributed by atoms with Crippen LogP contribution in [0.1, 0.15) is 30.3 Å². The molecule has 1 aliphatic rings. The van der Waals surface area contributed by atoms with E-state index in [1.54, 1.807) is 24.3 Å².